The maximum absolute atomic E-state index is 12.3. The lowest BCUT2D eigenvalue weighted by molar-refractivity contribution is -0.0512. The molecule has 0 aliphatic carbocycles. The third kappa shape index (κ3) is 3.67. The second kappa shape index (κ2) is 6.49. The first-order valence-corrected chi connectivity index (χ1v) is 8.00. The molecular weight excluding hydrogens is 278 g/mol. The summed E-state index contributed by atoms with van der Waals surface area (Å²) in [5, 5.41) is 10.3. The maximum Gasteiger partial charge on any atom is 0.236 e. The van der Waals surface area contributed by atoms with E-state index in [0.717, 1.165) is 5.56 Å². The molecule has 6 heteroatoms. The van der Waals surface area contributed by atoms with Crippen molar-refractivity contribution in [1.82, 2.24) is 4.31 Å². The van der Waals surface area contributed by atoms with E-state index < -0.39 is 16.1 Å². The Balaban J connectivity index is 2.15. The lowest BCUT2D eigenvalue weighted by Gasteiger charge is -2.35. The van der Waals surface area contributed by atoms with E-state index in [1.54, 1.807) is 13.0 Å². The predicted octanol–water partition coefficient (Wildman–Crippen LogP) is 1.07. The van der Waals surface area contributed by atoms with Gasteiger partial charge in [0.05, 0.1) is 19.3 Å². The molecule has 1 heterocycles. The molecule has 20 heavy (non-hydrogen) atoms. The fourth-order valence-corrected chi connectivity index (χ4v) is 3.49. The molecule has 0 bridgehead atoms. The molecule has 1 aromatic rings. The monoisotopic (exact) mass is 297 g/mol. The smallest absolute Gasteiger partial charge is 0.236 e. The molecule has 110 valence electrons. The summed E-state index contributed by atoms with van der Waals surface area (Å²) < 4.78 is 31.4. The highest BCUT2D eigenvalue weighted by molar-refractivity contribution is 7.92. The van der Waals surface area contributed by atoms with Gasteiger partial charge in [-0.3, -0.25) is 0 Å². The lowest BCUT2D eigenvalue weighted by Crippen LogP contribution is -2.51. The number of rotatable bonds is 4. The zero-order chi connectivity index (χ0) is 14.6. The van der Waals surface area contributed by atoms with Gasteiger partial charge < -0.3 is 9.84 Å². The molecule has 1 fully saturated rings. The average molecular weight is 297 g/mol. The second-order valence-corrected chi connectivity index (χ2v) is 6.59. The predicted molar refractivity (Wildman–Crippen MR) is 77.4 cm³/mol. The van der Waals surface area contributed by atoms with Gasteiger partial charge in [0.2, 0.25) is 10.0 Å². The second-order valence-electron chi connectivity index (χ2n) is 4.81. The SMILES string of the molecule is CC1COC(CO)CN1S(=O)(=O)/C=C/c1ccccc1. The van der Waals surface area contributed by atoms with Crippen molar-refractivity contribution in [1.29, 1.82) is 0 Å². The van der Waals surface area contributed by atoms with Crippen LogP contribution >= 0.6 is 0 Å². The Hall–Kier alpha value is -1.21. The van der Waals surface area contributed by atoms with Gasteiger partial charge in [-0.25, -0.2) is 8.42 Å². The minimum atomic E-state index is -3.51. The Morgan fingerprint density at radius 2 is 2.10 bits per heavy atom. The van der Waals surface area contributed by atoms with Crippen LogP contribution < -0.4 is 0 Å². The van der Waals surface area contributed by atoms with Crippen LogP contribution in [0, 0.1) is 0 Å². The van der Waals surface area contributed by atoms with Gasteiger partial charge in [-0.1, -0.05) is 30.3 Å². The highest BCUT2D eigenvalue weighted by Crippen LogP contribution is 2.18. The Kier molecular flexibility index (Phi) is 4.93. The molecule has 0 amide bonds. The average Bonchev–Trinajstić information content (AvgIpc) is 2.47. The molecule has 1 aliphatic rings. The summed E-state index contributed by atoms with van der Waals surface area (Å²) in [6, 6.07) is 9.03. The van der Waals surface area contributed by atoms with Crippen molar-refractivity contribution in [2.45, 2.75) is 19.1 Å². The Morgan fingerprint density at radius 1 is 1.40 bits per heavy atom. The Bertz CT molecular complexity index is 556. The van der Waals surface area contributed by atoms with Gasteiger partial charge in [0.1, 0.15) is 0 Å². The van der Waals surface area contributed by atoms with E-state index in [2.05, 4.69) is 0 Å². The maximum atomic E-state index is 12.3. The van der Waals surface area contributed by atoms with E-state index in [-0.39, 0.29) is 19.2 Å². The van der Waals surface area contributed by atoms with Gasteiger partial charge in [0.15, 0.2) is 0 Å². The molecule has 1 aromatic carbocycles. The fraction of sp³-hybridized carbons (Fsp3) is 0.429. The number of morpholine rings is 1. The molecule has 0 saturated carbocycles. The number of benzene rings is 1. The third-order valence-electron chi connectivity index (χ3n) is 3.21. The van der Waals surface area contributed by atoms with Gasteiger partial charge in [-0.2, -0.15) is 4.31 Å². The quantitative estimate of drug-likeness (QED) is 0.902. The van der Waals surface area contributed by atoms with Crippen molar-refractivity contribution in [3.63, 3.8) is 0 Å². The van der Waals surface area contributed by atoms with Crippen LogP contribution in [0.25, 0.3) is 6.08 Å². The van der Waals surface area contributed by atoms with Crippen LogP contribution in [-0.4, -0.2) is 49.7 Å². The van der Waals surface area contributed by atoms with E-state index in [1.165, 1.54) is 9.71 Å². The van der Waals surface area contributed by atoms with E-state index in [1.807, 2.05) is 30.3 Å². The number of sulfonamides is 1. The molecule has 1 aliphatic heterocycles. The number of aliphatic hydroxyl groups is 1. The highest BCUT2D eigenvalue weighted by atomic mass is 32.2. The Morgan fingerprint density at radius 3 is 2.75 bits per heavy atom. The molecule has 2 unspecified atom stereocenters. The zero-order valence-electron chi connectivity index (χ0n) is 11.3. The minimum absolute atomic E-state index is 0.179. The van der Waals surface area contributed by atoms with Crippen molar-refractivity contribution in [2.24, 2.45) is 0 Å². The molecule has 2 atom stereocenters. The van der Waals surface area contributed by atoms with Crippen molar-refractivity contribution in [3.8, 4) is 0 Å². The van der Waals surface area contributed by atoms with Gasteiger partial charge in [0.25, 0.3) is 0 Å². The number of hydrogen-bond acceptors (Lipinski definition) is 4. The summed E-state index contributed by atoms with van der Waals surface area (Å²) in [5.41, 5.74) is 0.829. The third-order valence-corrected chi connectivity index (χ3v) is 4.85. The molecule has 0 aromatic heterocycles. The molecule has 5 nitrogen and oxygen atoms in total. The molecule has 1 N–H and O–H groups in total. The van der Waals surface area contributed by atoms with Crippen LogP contribution in [0.3, 0.4) is 0 Å². The fourth-order valence-electron chi connectivity index (χ4n) is 2.06. The standard InChI is InChI=1S/C14H19NO4S/c1-12-11-19-14(10-16)9-15(12)20(17,18)8-7-13-5-3-2-4-6-13/h2-8,12,14,16H,9-11H2,1H3/b8-7+. The summed E-state index contributed by atoms with van der Waals surface area (Å²) in [7, 11) is -3.51. The van der Waals surface area contributed by atoms with Crippen LogP contribution in [0.2, 0.25) is 0 Å². The largest absolute Gasteiger partial charge is 0.394 e. The van der Waals surface area contributed by atoms with Crippen LogP contribution in [0.4, 0.5) is 0 Å². The summed E-state index contributed by atoms with van der Waals surface area (Å²) in [4.78, 5) is 0. The van der Waals surface area contributed by atoms with Crippen molar-refractivity contribution in [3.05, 3.63) is 41.3 Å². The first-order valence-electron chi connectivity index (χ1n) is 6.50. The summed E-state index contributed by atoms with van der Waals surface area (Å²) in [6.07, 6.45) is 1.12. The van der Waals surface area contributed by atoms with Crippen molar-refractivity contribution in [2.75, 3.05) is 19.8 Å². The van der Waals surface area contributed by atoms with E-state index in [4.69, 9.17) is 9.84 Å². The van der Waals surface area contributed by atoms with Gasteiger partial charge in [0, 0.05) is 18.0 Å². The number of aliphatic hydroxyl groups excluding tert-OH is 1. The molecule has 2 rings (SSSR count). The zero-order valence-corrected chi connectivity index (χ0v) is 12.2. The summed E-state index contributed by atoms with van der Waals surface area (Å²) in [5.74, 6) is 0. The van der Waals surface area contributed by atoms with E-state index in [9.17, 15) is 8.42 Å². The van der Waals surface area contributed by atoms with Crippen molar-refractivity contribution < 1.29 is 18.3 Å². The summed E-state index contributed by atoms with van der Waals surface area (Å²) in [6.45, 7) is 2.09. The first-order chi connectivity index (χ1) is 9.53. The van der Waals surface area contributed by atoms with Crippen LogP contribution in [0.1, 0.15) is 12.5 Å². The number of hydrogen-bond donors (Lipinski definition) is 1. The van der Waals surface area contributed by atoms with E-state index >= 15 is 0 Å². The number of ether oxygens (including phenoxy) is 1. The first kappa shape index (κ1) is 15.2. The molecule has 0 spiro atoms. The lowest BCUT2D eigenvalue weighted by atomic mass is 10.2. The van der Waals surface area contributed by atoms with Crippen LogP contribution in [-0.2, 0) is 14.8 Å². The van der Waals surface area contributed by atoms with Crippen LogP contribution in [0.15, 0.2) is 35.7 Å². The molecular formula is C14H19NO4S. The molecule has 1 saturated heterocycles. The topological polar surface area (TPSA) is 66.8 Å². The summed E-state index contributed by atoms with van der Waals surface area (Å²) >= 11 is 0. The normalized spacial score (nSPS) is 25.1. The minimum Gasteiger partial charge on any atom is -0.394 e. The molecule has 0 radical (unpaired) electrons. The van der Waals surface area contributed by atoms with E-state index in [0.29, 0.717) is 6.61 Å². The van der Waals surface area contributed by atoms with Gasteiger partial charge in [-0.05, 0) is 18.6 Å². The number of nitrogens with zero attached hydrogens (tertiary/aromatic N) is 1. The highest BCUT2D eigenvalue weighted by Gasteiger charge is 2.32. The van der Waals surface area contributed by atoms with Crippen molar-refractivity contribution >= 4 is 16.1 Å². The Labute approximate surface area is 119 Å². The van der Waals surface area contributed by atoms with Gasteiger partial charge in [-0.15, -0.1) is 0 Å². The van der Waals surface area contributed by atoms with Crippen LogP contribution in [0.5, 0.6) is 0 Å². The van der Waals surface area contributed by atoms with Gasteiger partial charge >= 0.3 is 0 Å².